The summed E-state index contributed by atoms with van der Waals surface area (Å²) >= 11 is 0. The number of aromatic nitrogens is 2. The molecule has 140 valence electrons. The second-order valence-corrected chi connectivity index (χ2v) is 5.74. The lowest BCUT2D eigenvalue weighted by Crippen LogP contribution is -2.26. The smallest absolute Gasteiger partial charge is 0.437 e. The van der Waals surface area contributed by atoms with Gasteiger partial charge in [0, 0.05) is 17.8 Å². The highest BCUT2D eigenvalue weighted by molar-refractivity contribution is 5.75. The molecule has 1 aromatic carbocycles. The number of carbonyl (C=O) groups is 1. The molecule has 1 aliphatic rings. The zero-order valence-electron chi connectivity index (χ0n) is 14.8. The van der Waals surface area contributed by atoms with Crippen molar-refractivity contribution in [3.05, 3.63) is 69.4 Å². The van der Waals surface area contributed by atoms with Crippen LogP contribution in [0.2, 0.25) is 0 Å². The number of nitrogens with one attached hydrogen (secondary N) is 1. The molecule has 0 amide bonds. The molecule has 10 nitrogen and oxygen atoms in total. The molecule has 1 atom stereocenters. The number of ether oxygens (including phenoxy) is 2. The first kappa shape index (κ1) is 18.1. The first-order chi connectivity index (χ1) is 12.9. The zero-order chi connectivity index (χ0) is 19.6. The number of nitro benzene ring substituents is 1. The van der Waals surface area contributed by atoms with E-state index in [2.05, 4.69) is 20.3 Å². The Bertz CT molecular complexity index is 948. The van der Waals surface area contributed by atoms with Gasteiger partial charge in [-0.05, 0) is 19.4 Å². The summed E-state index contributed by atoms with van der Waals surface area (Å²) in [5.41, 5.74) is 2.21. The minimum Gasteiger partial charge on any atom is -0.437 e. The summed E-state index contributed by atoms with van der Waals surface area (Å²) in [6.45, 7) is 3.51. The third-order valence-corrected chi connectivity index (χ3v) is 4.06. The Morgan fingerprint density at radius 3 is 2.74 bits per heavy atom. The topological polar surface area (TPSA) is 130 Å². The highest BCUT2D eigenvalue weighted by Crippen LogP contribution is 2.43. The number of hydrogen-bond donors (Lipinski definition) is 1. The van der Waals surface area contributed by atoms with Gasteiger partial charge in [-0.3, -0.25) is 10.1 Å². The number of hydrogen-bond acceptors (Lipinski definition) is 9. The Morgan fingerprint density at radius 1 is 1.33 bits per heavy atom. The van der Waals surface area contributed by atoms with E-state index < -0.39 is 17.0 Å². The van der Waals surface area contributed by atoms with Gasteiger partial charge < -0.3 is 19.2 Å². The van der Waals surface area contributed by atoms with E-state index in [0.717, 1.165) is 0 Å². The van der Waals surface area contributed by atoms with Gasteiger partial charge in [0.05, 0.1) is 29.2 Å². The number of dihydropyridines is 1. The van der Waals surface area contributed by atoms with Gasteiger partial charge in [-0.25, -0.2) is 4.79 Å². The van der Waals surface area contributed by atoms with Crippen LogP contribution in [0.15, 0.2) is 52.2 Å². The van der Waals surface area contributed by atoms with Crippen molar-refractivity contribution in [2.24, 2.45) is 0 Å². The van der Waals surface area contributed by atoms with E-state index in [1.807, 2.05) is 0 Å². The molecule has 0 spiro atoms. The number of rotatable bonds is 4. The lowest BCUT2D eigenvalue weighted by Gasteiger charge is -2.29. The van der Waals surface area contributed by atoms with Crippen LogP contribution in [0.3, 0.4) is 0 Å². The Labute approximate surface area is 153 Å². The third kappa shape index (κ3) is 3.50. The van der Waals surface area contributed by atoms with E-state index in [1.165, 1.54) is 25.6 Å². The Balaban J connectivity index is 2.19. The van der Waals surface area contributed by atoms with Crippen molar-refractivity contribution in [3.63, 3.8) is 0 Å². The largest absolute Gasteiger partial charge is 0.513 e. The normalized spacial score (nSPS) is 16.8. The Hall–Kier alpha value is -3.69. The average Bonchev–Trinajstić information content (AvgIpc) is 3.17. The Morgan fingerprint density at radius 2 is 2.11 bits per heavy atom. The summed E-state index contributed by atoms with van der Waals surface area (Å²) in [4.78, 5) is 22.5. The molecule has 27 heavy (non-hydrogen) atoms. The molecule has 1 aromatic heterocycles. The van der Waals surface area contributed by atoms with E-state index in [1.54, 1.807) is 26.0 Å². The van der Waals surface area contributed by atoms with Crippen LogP contribution in [0.4, 0.5) is 10.5 Å². The highest BCUT2D eigenvalue weighted by atomic mass is 16.7. The molecule has 0 aliphatic carbocycles. The maximum Gasteiger partial charge on any atom is 0.513 e. The van der Waals surface area contributed by atoms with Gasteiger partial charge in [0.25, 0.3) is 5.69 Å². The fourth-order valence-corrected chi connectivity index (χ4v) is 2.95. The molecule has 2 aromatic rings. The summed E-state index contributed by atoms with van der Waals surface area (Å²) in [6.07, 6.45) is 0.262. The van der Waals surface area contributed by atoms with Crippen LogP contribution in [0.5, 0.6) is 0 Å². The van der Waals surface area contributed by atoms with E-state index >= 15 is 0 Å². The van der Waals surface area contributed by atoms with Crippen LogP contribution >= 0.6 is 0 Å². The van der Waals surface area contributed by atoms with Crippen molar-refractivity contribution in [2.45, 2.75) is 19.8 Å². The first-order valence-corrected chi connectivity index (χ1v) is 7.87. The van der Waals surface area contributed by atoms with Crippen molar-refractivity contribution < 1.29 is 23.6 Å². The van der Waals surface area contributed by atoms with E-state index in [4.69, 9.17) is 9.15 Å². The van der Waals surface area contributed by atoms with Crippen LogP contribution in [-0.2, 0) is 9.47 Å². The lowest BCUT2D eigenvalue weighted by atomic mass is 9.85. The van der Waals surface area contributed by atoms with Gasteiger partial charge in [-0.15, -0.1) is 10.2 Å². The number of allylic oxidation sites excluding steroid dienone is 3. The van der Waals surface area contributed by atoms with Crippen LogP contribution in [0.1, 0.15) is 31.2 Å². The molecule has 0 bridgehead atoms. The molecule has 1 aliphatic heterocycles. The summed E-state index contributed by atoms with van der Waals surface area (Å²) in [6, 6.07) is 6.04. The zero-order valence-corrected chi connectivity index (χ0v) is 14.8. The molecule has 0 saturated heterocycles. The van der Waals surface area contributed by atoms with Crippen LogP contribution in [0.25, 0.3) is 5.57 Å². The molecule has 1 N–H and O–H groups in total. The standard InChI is InChI=1S/C17H16N4O6/c1-9-13(16-20-18-8-26-16)14(11-5-4-6-12(7-11)21(23)24)15(10(2)19-9)27-17(22)25-3/h4-8,14,19H,1-3H3. The number of carbonyl (C=O) groups excluding carboxylic acids is 1. The second kappa shape index (κ2) is 7.28. The lowest BCUT2D eigenvalue weighted by molar-refractivity contribution is -0.384. The Kier molecular flexibility index (Phi) is 4.88. The minimum atomic E-state index is -0.911. The fraction of sp³-hybridized carbons (Fsp3) is 0.235. The molecule has 1 unspecified atom stereocenters. The van der Waals surface area contributed by atoms with Crippen LogP contribution in [-0.4, -0.2) is 28.4 Å². The number of methoxy groups -OCH3 is 1. The van der Waals surface area contributed by atoms with Crippen molar-refractivity contribution in [1.29, 1.82) is 0 Å². The number of nitrogens with zero attached hydrogens (tertiary/aromatic N) is 3. The van der Waals surface area contributed by atoms with Crippen molar-refractivity contribution in [3.8, 4) is 0 Å². The second-order valence-electron chi connectivity index (χ2n) is 5.74. The molecule has 0 fully saturated rings. The molecule has 0 radical (unpaired) electrons. The minimum absolute atomic E-state index is 0.0939. The van der Waals surface area contributed by atoms with Gasteiger partial charge in [0.1, 0.15) is 5.76 Å². The van der Waals surface area contributed by atoms with Crippen LogP contribution in [0, 0.1) is 10.1 Å². The fourth-order valence-electron chi connectivity index (χ4n) is 2.95. The predicted octanol–water partition coefficient (Wildman–Crippen LogP) is 3.11. The molecule has 0 saturated carbocycles. The van der Waals surface area contributed by atoms with Gasteiger partial charge in [-0.2, -0.15) is 0 Å². The third-order valence-electron chi connectivity index (χ3n) is 4.06. The summed E-state index contributed by atoms with van der Waals surface area (Å²) in [5.74, 6) is -0.262. The SMILES string of the molecule is COC(=O)OC1=C(C)NC(C)=C(c2nnco2)C1c1cccc([N+](=O)[O-])c1. The average molecular weight is 372 g/mol. The maximum atomic E-state index is 11.8. The van der Waals surface area contributed by atoms with E-state index in [-0.39, 0.29) is 17.3 Å². The van der Waals surface area contributed by atoms with E-state index in [0.29, 0.717) is 22.5 Å². The quantitative estimate of drug-likeness (QED) is 0.488. The van der Waals surface area contributed by atoms with Gasteiger partial charge in [-0.1, -0.05) is 12.1 Å². The summed E-state index contributed by atoms with van der Waals surface area (Å²) in [5, 5.41) is 21.9. The summed E-state index contributed by atoms with van der Waals surface area (Å²) < 4.78 is 15.3. The molecular weight excluding hydrogens is 356 g/mol. The first-order valence-electron chi connectivity index (χ1n) is 7.87. The summed E-state index contributed by atoms with van der Waals surface area (Å²) in [7, 11) is 1.19. The number of nitro groups is 1. The van der Waals surface area contributed by atoms with Gasteiger partial charge in [0.2, 0.25) is 12.3 Å². The predicted molar refractivity (Wildman–Crippen MR) is 92.1 cm³/mol. The van der Waals surface area contributed by atoms with Crippen molar-refractivity contribution >= 4 is 17.4 Å². The van der Waals surface area contributed by atoms with Gasteiger partial charge in [0.15, 0.2) is 0 Å². The van der Waals surface area contributed by atoms with Crippen molar-refractivity contribution in [1.82, 2.24) is 15.5 Å². The number of non-ortho nitro benzene ring substituents is 1. The number of benzene rings is 1. The molecule has 3 rings (SSSR count). The maximum absolute atomic E-state index is 11.8. The molecule has 2 heterocycles. The monoisotopic (exact) mass is 372 g/mol. The van der Waals surface area contributed by atoms with E-state index in [9.17, 15) is 14.9 Å². The van der Waals surface area contributed by atoms with Crippen molar-refractivity contribution in [2.75, 3.05) is 7.11 Å². The highest BCUT2D eigenvalue weighted by Gasteiger charge is 2.36. The molecular formula is C17H16N4O6. The van der Waals surface area contributed by atoms with Gasteiger partial charge >= 0.3 is 6.16 Å². The molecule has 10 heteroatoms. The van der Waals surface area contributed by atoms with Crippen LogP contribution < -0.4 is 5.32 Å².